The number of hydrogen-bond donors (Lipinski definition) is 3. The van der Waals surface area contributed by atoms with E-state index in [0.717, 1.165) is 17.7 Å². The highest BCUT2D eigenvalue weighted by Crippen LogP contribution is 2.34. The van der Waals surface area contributed by atoms with Crippen LogP contribution in [0.15, 0.2) is 77.9 Å². The molecule has 0 unspecified atom stereocenters. The van der Waals surface area contributed by atoms with Gasteiger partial charge < -0.3 is 15.4 Å². The highest BCUT2D eigenvalue weighted by Gasteiger charge is 2.33. The molecular weight excluding hydrogens is 477 g/mol. The fourth-order valence-corrected chi connectivity index (χ4v) is 2.95. The lowest BCUT2D eigenvalue weighted by molar-refractivity contribution is -0.137. The summed E-state index contributed by atoms with van der Waals surface area (Å²) >= 11 is 0. The van der Waals surface area contributed by atoms with Crippen LogP contribution in [-0.2, 0) is 20.6 Å². The quantitative estimate of drug-likeness (QED) is 0.259. The van der Waals surface area contributed by atoms with E-state index in [1.54, 1.807) is 30.3 Å². The molecule has 0 aliphatic heterocycles. The zero-order chi connectivity index (χ0) is 26.1. The number of ether oxygens (including phenoxy) is 1. The van der Waals surface area contributed by atoms with Crippen LogP contribution in [0.25, 0.3) is 0 Å². The van der Waals surface area contributed by atoms with Crippen molar-refractivity contribution in [3.63, 3.8) is 0 Å². The van der Waals surface area contributed by atoms with Crippen molar-refractivity contribution < 1.29 is 32.3 Å². The Morgan fingerprint density at radius 1 is 0.917 bits per heavy atom. The molecular formula is C25H21F3N4O4. The van der Waals surface area contributed by atoms with Gasteiger partial charge in [-0.05, 0) is 66.6 Å². The summed E-state index contributed by atoms with van der Waals surface area (Å²) in [6.45, 7) is 1.34. The monoisotopic (exact) mass is 498 g/mol. The molecule has 0 atom stereocenters. The van der Waals surface area contributed by atoms with Crippen molar-refractivity contribution in [2.45, 2.75) is 13.1 Å². The van der Waals surface area contributed by atoms with E-state index in [0.29, 0.717) is 11.3 Å². The minimum Gasteiger partial charge on any atom is -0.484 e. The number of amides is 3. The summed E-state index contributed by atoms with van der Waals surface area (Å²) in [5.74, 6) is -2.31. The van der Waals surface area contributed by atoms with Crippen molar-refractivity contribution in [3.8, 4) is 5.75 Å². The van der Waals surface area contributed by atoms with Crippen molar-refractivity contribution in [3.05, 3.63) is 89.5 Å². The molecule has 0 aliphatic carbocycles. The first-order chi connectivity index (χ1) is 17.1. The number of hydrazone groups is 1. The van der Waals surface area contributed by atoms with Crippen LogP contribution < -0.4 is 20.8 Å². The van der Waals surface area contributed by atoms with Crippen LogP contribution >= 0.6 is 0 Å². The van der Waals surface area contributed by atoms with Gasteiger partial charge in [0.1, 0.15) is 5.75 Å². The zero-order valence-corrected chi connectivity index (χ0v) is 18.9. The van der Waals surface area contributed by atoms with Crippen LogP contribution in [0, 0.1) is 6.92 Å². The van der Waals surface area contributed by atoms with Gasteiger partial charge in [0.25, 0.3) is 5.91 Å². The Hall–Kier alpha value is -4.67. The first-order valence-corrected chi connectivity index (χ1v) is 10.5. The van der Waals surface area contributed by atoms with Gasteiger partial charge >= 0.3 is 18.0 Å². The number of anilines is 2. The number of alkyl halides is 3. The second kappa shape index (κ2) is 11.6. The van der Waals surface area contributed by atoms with Gasteiger partial charge in [0.15, 0.2) is 6.61 Å². The molecule has 8 nitrogen and oxygen atoms in total. The first kappa shape index (κ1) is 25.9. The van der Waals surface area contributed by atoms with E-state index >= 15 is 0 Å². The van der Waals surface area contributed by atoms with Gasteiger partial charge in [-0.3, -0.25) is 14.4 Å². The van der Waals surface area contributed by atoms with E-state index in [1.807, 2.05) is 13.0 Å². The molecule has 0 aliphatic rings. The molecule has 0 spiro atoms. The van der Waals surface area contributed by atoms with Crippen LogP contribution in [0.2, 0.25) is 0 Å². The molecule has 0 saturated carbocycles. The smallest absolute Gasteiger partial charge is 0.418 e. The van der Waals surface area contributed by atoms with Crippen LogP contribution in [0.4, 0.5) is 24.5 Å². The first-order valence-electron chi connectivity index (χ1n) is 10.5. The predicted molar refractivity (Wildman–Crippen MR) is 128 cm³/mol. The standard InChI is InChI=1S/C25H21F3N4O4/c1-16-5-4-6-18(13-16)30-23(34)24(35)32-29-14-17-9-11-19(12-10-17)36-15-22(33)31-21-8-3-2-7-20(21)25(26,27)28/h2-14H,15H2,1H3,(H,30,34)(H,31,33)(H,32,35)/b29-14-. The largest absolute Gasteiger partial charge is 0.484 e. The van der Waals surface area contributed by atoms with Crippen molar-refractivity contribution in [2.75, 3.05) is 17.2 Å². The Morgan fingerprint density at radius 3 is 2.33 bits per heavy atom. The topological polar surface area (TPSA) is 109 Å². The van der Waals surface area contributed by atoms with E-state index in [4.69, 9.17) is 4.74 Å². The summed E-state index contributed by atoms with van der Waals surface area (Å²) in [5, 5.41) is 8.36. The molecule has 3 N–H and O–H groups in total. The van der Waals surface area contributed by atoms with Gasteiger partial charge in [0, 0.05) is 5.69 Å². The van der Waals surface area contributed by atoms with Gasteiger partial charge in [-0.15, -0.1) is 0 Å². The lowest BCUT2D eigenvalue weighted by atomic mass is 10.1. The Labute approximate surface area is 204 Å². The lowest BCUT2D eigenvalue weighted by Gasteiger charge is -2.13. The number of nitrogens with one attached hydrogen (secondary N) is 3. The highest BCUT2D eigenvalue weighted by molar-refractivity contribution is 6.39. The molecule has 0 radical (unpaired) electrons. The van der Waals surface area contributed by atoms with Crippen molar-refractivity contribution in [2.24, 2.45) is 5.10 Å². The predicted octanol–water partition coefficient (Wildman–Crippen LogP) is 4.12. The summed E-state index contributed by atoms with van der Waals surface area (Å²) in [5.41, 5.74) is 2.74. The SMILES string of the molecule is Cc1cccc(NC(=O)C(=O)N/N=C\c2ccc(OCC(=O)Nc3ccccc3C(F)(F)F)cc2)c1. The third kappa shape index (κ3) is 7.69. The average molecular weight is 498 g/mol. The second-order valence-electron chi connectivity index (χ2n) is 7.47. The van der Waals surface area contributed by atoms with Crippen molar-refractivity contribution in [1.82, 2.24) is 5.43 Å². The number of rotatable bonds is 7. The fraction of sp³-hybridized carbons (Fsp3) is 0.120. The fourth-order valence-electron chi connectivity index (χ4n) is 2.95. The minimum atomic E-state index is -4.60. The van der Waals surface area contributed by atoms with Gasteiger partial charge in [0.05, 0.1) is 17.5 Å². The summed E-state index contributed by atoms with van der Waals surface area (Å²) in [4.78, 5) is 35.8. The number of aryl methyl sites for hydroxylation is 1. The molecule has 11 heteroatoms. The summed E-state index contributed by atoms with van der Waals surface area (Å²) in [6.07, 6.45) is -3.31. The molecule has 3 aromatic rings. The Morgan fingerprint density at radius 2 is 1.64 bits per heavy atom. The third-order valence-corrected chi connectivity index (χ3v) is 4.62. The maximum absolute atomic E-state index is 13.0. The van der Waals surface area contributed by atoms with Crippen molar-refractivity contribution in [1.29, 1.82) is 0 Å². The maximum Gasteiger partial charge on any atom is 0.418 e. The minimum absolute atomic E-state index is 0.285. The van der Waals surface area contributed by atoms with E-state index in [1.165, 1.54) is 30.5 Å². The molecule has 0 heterocycles. The van der Waals surface area contributed by atoms with Gasteiger partial charge in [-0.2, -0.15) is 18.3 Å². The van der Waals surface area contributed by atoms with Crippen LogP contribution in [0.5, 0.6) is 5.75 Å². The van der Waals surface area contributed by atoms with E-state index in [2.05, 4.69) is 21.2 Å². The van der Waals surface area contributed by atoms with Crippen LogP contribution in [0.1, 0.15) is 16.7 Å². The maximum atomic E-state index is 13.0. The van der Waals surface area contributed by atoms with E-state index in [-0.39, 0.29) is 11.4 Å². The Balaban J connectivity index is 1.46. The summed E-state index contributed by atoms with van der Waals surface area (Å²) in [6, 6.07) is 17.7. The molecule has 0 bridgehead atoms. The zero-order valence-electron chi connectivity index (χ0n) is 18.9. The molecule has 0 aromatic heterocycles. The lowest BCUT2D eigenvalue weighted by Crippen LogP contribution is -2.32. The Bertz CT molecular complexity index is 1270. The second-order valence-corrected chi connectivity index (χ2v) is 7.47. The van der Waals surface area contributed by atoms with Crippen LogP contribution in [-0.4, -0.2) is 30.5 Å². The number of nitrogens with zero attached hydrogens (tertiary/aromatic N) is 1. The number of hydrogen-bond acceptors (Lipinski definition) is 5. The number of carbonyl (C=O) groups is 3. The van der Waals surface area contributed by atoms with E-state index < -0.39 is 36.1 Å². The summed E-state index contributed by atoms with van der Waals surface area (Å²) < 4.78 is 44.4. The molecule has 186 valence electrons. The normalized spacial score (nSPS) is 11.1. The highest BCUT2D eigenvalue weighted by atomic mass is 19.4. The van der Waals surface area contributed by atoms with Crippen molar-refractivity contribution >= 4 is 35.3 Å². The number of benzene rings is 3. The molecule has 36 heavy (non-hydrogen) atoms. The Kier molecular flexibility index (Phi) is 8.39. The third-order valence-electron chi connectivity index (χ3n) is 4.62. The van der Waals surface area contributed by atoms with Crippen LogP contribution in [0.3, 0.4) is 0 Å². The number of para-hydroxylation sites is 1. The summed E-state index contributed by atoms with van der Waals surface area (Å²) in [7, 11) is 0. The molecule has 0 saturated heterocycles. The van der Waals surface area contributed by atoms with Gasteiger partial charge in [-0.25, -0.2) is 5.43 Å². The van der Waals surface area contributed by atoms with E-state index in [9.17, 15) is 27.6 Å². The molecule has 3 rings (SSSR count). The van der Waals surface area contributed by atoms with Gasteiger partial charge in [0.2, 0.25) is 0 Å². The molecule has 3 amide bonds. The number of carbonyl (C=O) groups excluding carboxylic acids is 3. The molecule has 0 fully saturated rings. The average Bonchev–Trinajstić information content (AvgIpc) is 2.83. The molecule has 3 aromatic carbocycles. The number of halogens is 3. The van der Waals surface area contributed by atoms with Gasteiger partial charge in [-0.1, -0.05) is 24.3 Å².